The quantitative estimate of drug-likeness (QED) is 0.0866. The lowest BCUT2D eigenvalue weighted by atomic mass is 9.68. The van der Waals surface area contributed by atoms with Crippen LogP contribution >= 0.6 is 11.6 Å². The van der Waals surface area contributed by atoms with Crippen LogP contribution in [0.25, 0.3) is 0 Å². The van der Waals surface area contributed by atoms with Gasteiger partial charge in [0.2, 0.25) is 10.0 Å². The van der Waals surface area contributed by atoms with Gasteiger partial charge in [-0.15, -0.1) is 0 Å². The smallest absolute Gasteiger partial charge is 0.335 e. The molecule has 60 heavy (non-hydrogen) atoms. The van der Waals surface area contributed by atoms with E-state index < -0.39 is 35.7 Å². The van der Waals surface area contributed by atoms with Gasteiger partial charge in [-0.2, -0.15) is 0 Å². The van der Waals surface area contributed by atoms with Crippen LogP contribution in [0.1, 0.15) is 81.3 Å². The number of ether oxygens (including phenoxy) is 1. The Balaban J connectivity index is 1.16. The predicted molar refractivity (Wildman–Crippen MR) is 243 cm³/mol. The summed E-state index contributed by atoms with van der Waals surface area (Å²) in [5.41, 5.74) is 3.07. The maximum Gasteiger partial charge on any atom is 0.335 e. The Morgan fingerprint density at radius 3 is 2.30 bits per heavy atom. The third-order valence-electron chi connectivity index (χ3n) is 13.4. The van der Waals surface area contributed by atoms with Gasteiger partial charge in [-0.1, -0.05) is 111 Å². The van der Waals surface area contributed by atoms with E-state index in [4.69, 9.17) is 25.9 Å². The zero-order chi connectivity index (χ0) is 42.9. The van der Waals surface area contributed by atoms with E-state index in [1.54, 1.807) is 25.1 Å². The van der Waals surface area contributed by atoms with Gasteiger partial charge in [-0.3, -0.25) is 0 Å². The number of fused-ring (bicyclic) bond motifs is 3. The minimum absolute atomic E-state index is 0.0566. The third-order valence-corrected chi connectivity index (χ3v) is 19.9. The number of aryl methyl sites for hydroxylation is 1. The summed E-state index contributed by atoms with van der Waals surface area (Å²) in [7, 11) is -6.77. The van der Waals surface area contributed by atoms with Crippen LogP contribution in [0.5, 0.6) is 5.75 Å². The summed E-state index contributed by atoms with van der Waals surface area (Å²) in [5.74, 6) is -0.635. The van der Waals surface area contributed by atoms with Crippen molar-refractivity contribution in [2.45, 2.75) is 88.0 Å². The maximum atomic E-state index is 12.6. The number of carboxylic acids is 1. The number of anilines is 1. The Hall–Kier alpha value is -3.97. The standard InChI is InChI=1S/C48H59ClN2O7SSi/c1-33(59(50,55)56)26-34(30-58-60(47(2,3)4,39-13-7-5-8-14-39)40-15-9-6-10-16-40)17-23-44(52)41-21-18-37(41)29-51-31-48(25-11-12-35-27-38(49)20-22-42(35)48)32-57-45-24-19-36(46(53)54)28-43(45)51/h5-10,13-17,19-20,22-24,27-28,33-34,37,41,44,52H,11-12,18,21,25-26,29-32H2,1-4H3,(H,53,54)(H2,50,55,56)/b23-17+/t33?,34?,37-,41+,44?,48-/m0/s1. The molecule has 12 heteroatoms. The van der Waals surface area contributed by atoms with Crippen molar-refractivity contribution in [2.75, 3.05) is 31.2 Å². The topological polar surface area (TPSA) is 139 Å². The summed E-state index contributed by atoms with van der Waals surface area (Å²) >= 11 is 6.46. The van der Waals surface area contributed by atoms with Gasteiger partial charge in [0, 0.05) is 36.1 Å². The van der Waals surface area contributed by atoms with Gasteiger partial charge in [0.05, 0.1) is 29.2 Å². The Labute approximate surface area is 361 Å². The first-order valence-corrected chi connectivity index (χ1v) is 25.1. The molecule has 1 saturated carbocycles. The second kappa shape index (κ2) is 17.8. The average Bonchev–Trinajstić information content (AvgIpc) is 3.35. The molecular formula is C48H59ClN2O7SSi. The van der Waals surface area contributed by atoms with Crippen molar-refractivity contribution >= 4 is 52.0 Å². The van der Waals surface area contributed by atoms with E-state index in [-0.39, 0.29) is 46.8 Å². The van der Waals surface area contributed by atoms with E-state index in [0.717, 1.165) is 48.2 Å². The van der Waals surface area contributed by atoms with Crippen LogP contribution < -0.4 is 25.1 Å². The summed E-state index contributed by atoms with van der Waals surface area (Å²) in [6.45, 7) is 10.2. The number of sulfonamides is 1. The number of nitrogens with two attached hydrogens (primary N) is 1. The van der Waals surface area contributed by atoms with Crippen LogP contribution in [-0.4, -0.2) is 70.6 Å². The number of hydrogen-bond acceptors (Lipinski definition) is 7. The molecule has 1 spiro atoms. The Kier molecular flexibility index (Phi) is 13.1. The van der Waals surface area contributed by atoms with E-state index >= 15 is 0 Å². The molecule has 1 heterocycles. The van der Waals surface area contributed by atoms with E-state index in [9.17, 15) is 23.4 Å². The Bertz CT molecular complexity index is 2250. The lowest BCUT2D eigenvalue weighted by Crippen LogP contribution is -2.66. The number of primary sulfonamides is 1. The molecule has 7 rings (SSSR count). The number of aromatic carboxylic acids is 1. The molecule has 320 valence electrons. The fourth-order valence-corrected chi connectivity index (χ4v) is 15.3. The van der Waals surface area contributed by atoms with Crippen LogP contribution in [0.4, 0.5) is 5.69 Å². The lowest BCUT2D eigenvalue weighted by molar-refractivity contribution is 0.0453. The second-order valence-corrected chi connectivity index (χ2v) is 25.1. The summed E-state index contributed by atoms with van der Waals surface area (Å²) in [6.07, 6.45) is 7.80. The summed E-state index contributed by atoms with van der Waals surface area (Å²) < 4.78 is 39.0. The van der Waals surface area contributed by atoms with Gasteiger partial charge in [0.1, 0.15) is 5.75 Å². The molecule has 0 bridgehead atoms. The van der Waals surface area contributed by atoms with Gasteiger partial charge in [0.15, 0.2) is 0 Å². The van der Waals surface area contributed by atoms with E-state index in [1.165, 1.54) is 11.1 Å². The molecule has 0 radical (unpaired) electrons. The molecule has 3 unspecified atom stereocenters. The van der Waals surface area contributed by atoms with Crippen LogP contribution in [0.2, 0.25) is 10.1 Å². The first-order valence-electron chi connectivity index (χ1n) is 21.2. The van der Waals surface area contributed by atoms with E-state index in [2.05, 4.69) is 62.1 Å². The minimum Gasteiger partial charge on any atom is -0.490 e. The highest BCUT2D eigenvalue weighted by molar-refractivity contribution is 7.89. The molecule has 0 aromatic heterocycles. The number of carboxylic acid groups (broad SMARTS) is 1. The molecule has 1 fully saturated rings. The van der Waals surface area contributed by atoms with Crippen LogP contribution in [0.3, 0.4) is 0 Å². The fourth-order valence-electron chi connectivity index (χ4n) is 9.97. The highest BCUT2D eigenvalue weighted by atomic mass is 35.5. The first kappa shape index (κ1) is 44.1. The SMILES string of the molecule is CC(CC(/C=C/C(O)[C@@H]1CC[C@H]1CN1C[C@@]2(CCCc3cc(Cl)ccc32)COc2ccc(C(=O)O)cc21)CO[Si](c1ccccc1)(c1ccccc1)C(C)(C)C)S(N)(=O)=O. The minimum atomic E-state index is -3.83. The van der Waals surface area contributed by atoms with Gasteiger partial charge in [-0.05, 0) is 114 Å². The van der Waals surface area contributed by atoms with Gasteiger partial charge >= 0.3 is 5.97 Å². The zero-order valence-corrected chi connectivity index (χ0v) is 37.7. The summed E-state index contributed by atoms with van der Waals surface area (Å²) in [5, 5.41) is 29.4. The number of benzene rings is 4. The number of carbonyl (C=O) groups is 1. The largest absolute Gasteiger partial charge is 0.490 e. The number of aliphatic hydroxyl groups excluding tert-OH is 1. The first-order chi connectivity index (χ1) is 28.5. The number of aliphatic hydroxyl groups is 1. The van der Waals surface area contributed by atoms with Gasteiger partial charge in [-0.25, -0.2) is 18.4 Å². The highest BCUT2D eigenvalue weighted by Crippen LogP contribution is 2.47. The van der Waals surface area contributed by atoms with Crippen molar-refractivity contribution in [1.29, 1.82) is 0 Å². The molecule has 4 N–H and O–H groups in total. The molecule has 3 aliphatic rings. The summed E-state index contributed by atoms with van der Waals surface area (Å²) in [6, 6.07) is 31.9. The molecular weight excluding hydrogens is 812 g/mol. The van der Waals surface area contributed by atoms with Crippen molar-refractivity contribution in [3.63, 3.8) is 0 Å². The van der Waals surface area contributed by atoms with Crippen molar-refractivity contribution in [3.8, 4) is 5.75 Å². The third kappa shape index (κ3) is 9.13. The second-order valence-electron chi connectivity index (χ2n) is 18.3. The predicted octanol–water partition coefficient (Wildman–Crippen LogP) is 7.71. The van der Waals surface area contributed by atoms with Crippen LogP contribution in [0, 0.1) is 17.8 Å². The molecule has 0 amide bonds. The Morgan fingerprint density at radius 1 is 1.02 bits per heavy atom. The van der Waals surface area contributed by atoms with Gasteiger partial charge < -0.3 is 24.3 Å². The lowest BCUT2D eigenvalue weighted by Gasteiger charge is -2.45. The van der Waals surface area contributed by atoms with Crippen molar-refractivity contribution in [2.24, 2.45) is 22.9 Å². The summed E-state index contributed by atoms with van der Waals surface area (Å²) in [4.78, 5) is 14.5. The number of rotatable bonds is 14. The molecule has 6 atom stereocenters. The average molecular weight is 872 g/mol. The molecule has 9 nitrogen and oxygen atoms in total. The number of halogens is 1. The molecule has 0 saturated heterocycles. The normalized spacial score (nSPS) is 22.2. The number of hydrogen-bond donors (Lipinski definition) is 3. The van der Waals surface area contributed by atoms with Crippen LogP contribution in [0.15, 0.2) is 109 Å². The van der Waals surface area contributed by atoms with Gasteiger partial charge in [0.25, 0.3) is 8.32 Å². The number of nitrogens with zero attached hydrogens (tertiary/aromatic N) is 1. The molecule has 4 aromatic carbocycles. The monoisotopic (exact) mass is 870 g/mol. The zero-order valence-electron chi connectivity index (χ0n) is 35.1. The Morgan fingerprint density at radius 2 is 1.70 bits per heavy atom. The fraction of sp³-hybridized carbons (Fsp3) is 0.438. The van der Waals surface area contributed by atoms with Crippen molar-refractivity contribution in [3.05, 3.63) is 131 Å². The van der Waals surface area contributed by atoms with Crippen LogP contribution in [-0.2, 0) is 26.3 Å². The van der Waals surface area contributed by atoms with E-state index in [0.29, 0.717) is 30.5 Å². The van der Waals surface area contributed by atoms with E-state index in [1.807, 2.05) is 54.6 Å². The molecule has 4 aromatic rings. The highest BCUT2D eigenvalue weighted by Gasteiger charge is 2.50. The maximum absolute atomic E-state index is 12.6. The molecule has 1 aliphatic heterocycles. The van der Waals surface area contributed by atoms with Crippen molar-refractivity contribution < 1.29 is 32.6 Å². The van der Waals surface area contributed by atoms with Crippen molar-refractivity contribution in [1.82, 2.24) is 0 Å². The molecule has 2 aliphatic carbocycles.